The standard InChI is InChI=1S/C26H23F2N5O2/c1-13(2)23-29-10-15(11-30-23)21-14(12-35-26(27)28)7-8-16-22(21)20-9-18(32-25(16)34)24-31-17-5-3-4-6-19(17)33(20)24/h3-8,10-11,13,18,20,26H,9,12H2,1-2H3,(H,32,34)/t18-,20-/m1/s1. The third-order valence-corrected chi connectivity index (χ3v) is 6.76. The molecule has 2 bridgehead atoms. The van der Waals surface area contributed by atoms with Crippen molar-refractivity contribution in [1.82, 2.24) is 24.8 Å². The Balaban J connectivity index is 1.61. The second-order valence-corrected chi connectivity index (χ2v) is 9.22. The minimum absolute atomic E-state index is 0.139. The fourth-order valence-electron chi connectivity index (χ4n) is 5.26. The minimum atomic E-state index is -2.91. The maximum Gasteiger partial charge on any atom is 0.345 e. The molecule has 35 heavy (non-hydrogen) atoms. The number of carbonyl (C=O) groups is 1. The van der Waals surface area contributed by atoms with E-state index in [1.54, 1.807) is 24.5 Å². The summed E-state index contributed by atoms with van der Waals surface area (Å²) in [6, 6.07) is 10.7. The van der Waals surface area contributed by atoms with Gasteiger partial charge in [-0.2, -0.15) is 8.78 Å². The van der Waals surface area contributed by atoms with Gasteiger partial charge in [0.1, 0.15) is 11.6 Å². The van der Waals surface area contributed by atoms with Crippen molar-refractivity contribution in [2.75, 3.05) is 0 Å². The maximum atomic E-state index is 13.3. The molecule has 2 aliphatic rings. The largest absolute Gasteiger partial charge is 0.345 e. The lowest BCUT2D eigenvalue weighted by Crippen LogP contribution is -2.28. The molecular formula is C26H23F2N5O2. The Kier molecular flexibility index (Phi) is 5.10. The first kappa shape index (κ1) is 21.8. The summed E-state index contributed by atoms with van der Waals surface area (Å²) in [5.41, 5.74) is 4.93. The van der Waals surface area contributed by atoms with Gasteiger partial charge in [-0.15, -0.1) is 0 Å². The van der Waals surface area contributed by atoms with Gasteiger partial charge in [-0.1, -0.05) is 32.0 Å². The molecule has 2 aromatic carbocycles. The quantitative estimate of drug-likeness (QED) is 0.433. The van der Waals surface area contributed by atoms with Gasteiger partial charge >= 0.3 is 6.61 Å². The van der Waals surface area contributed by atoms with Gasteiger partial charge in [0.05, 0.1) is 29.7 Å². The van der Waals surface area contributed by atoms with Crippen LogP contribution in [0.1, 0.15) is 71.4 Å². The van der Waals surface area contributed by atoms with Gasteiger partial charge < -0.3 is 14.6 Å². The number of ether oxygens (including phenoxy) is 1. The first-order chi connectivity index (χ1) is 16.9. The topological polar surface area (TPSA) is 81.9 Å². The Morgan fingerprint density at radius 3 is 2.66 bits per heavy atom. The van der Waals surface area contributed by atoms with Gasteiger partial charge in [0.25, 0.3) is 5.91 Å². The predicted octanol–water partition coefficient (Wildman–Crippen LogP) is 5.13. The summed E-state index contributed by atoms with van der Waals surface area (Å²) in [4.78, 5) is 27.1. The Morgan fingerprint density at radius 1 is 1.14 bits per heavy atom. The lowest BCUT2D eigenvalue weighted by Gasteiger charge is -2.24. The molecule has 2 atom stereocenters. The van der Waals surface area contributed by atoms with Gasteiger partial charge in [0, 0.05) is 29.4 Å². The summed E-state index contributed by atoms with van der Waals surface area (Å²) in [7, 11) is 0. The Morgan fingerprint density at radius 2 is 1.91 bits per heavy atom. The van der Waals surface area contributed by atoms with Gasteiger partial charge in [-0.25, -0.2) is 15.0 Å². The van der Waals surface area contributed by atoms with Crippen LogP contribution in [-0.2, 0) is 11.3 Å². The van der Waals surface area contributed by atoms with E-state index in [9.17, 15) is 13.6 Å². The molecule has 4 heterocycles. The number of imidazole rings is 1. The van der Waals surface area contributed by atoms with Crippen LogP contribution < -0.4 is 5.32 Å². The monoisotopic (exact) mass is 475 g/mol. The fraction of sp³-hybridized carbons (Fsp3) is 0.308. The highest BCUT2D eigenvalue weighted by molar-refractivity contribution is 5.99. The van der Waals surface area contributed by atoms with Crippen LogP contribution in [0, 0.1) is 0 Å². The third-order valence-electron chi connectivity index (χ3n) is 6.76. The Hall–Kier alpha value is -3.72. The summed E-state index contributed by atoms with van der Waals surface area (Å²) in [5.74, 6) is 1.40. The van der Waals surface area contributed by atoms with Crippen molar-refractivity contribution in [2.24, 2.45) is 0 Å². The zero-order valence-electron chi connectivity index (χ0n) is 19.2. The number of hydrogen-bond acceptors (Lipinski definition) is 5. The van der Waals surface area contributed by atoms with Crippen LogP contribution in [0.3, 0.4) is 0 Å². The van der Waals surface area contributed by atoms with E-state index >= 15 is 0 Å². The number of benzene rings is 2. The molecule has 0 saturated heterocycles. The van der Waals surface area contributed by atoms with Crippen molar-refractivity contribution in [3.63, 3.8) is 0 Å². The third kappa shape index (κ3) is 3.49. The average Bonchev–Trinajstić information content (AvgIpc) is 3.35. The van der Waals surface area contributed by atoms with Crippen molar-refractivity contribution in [3.8, 4) is 11.1 Å². The number of halogens is 2. The fourth-order valence-corrected chi connectivity index (χ4v) is 5.26. The van der Waals surface area contributed by atoms with Gasteiger partial charge in [-0.3, -0.25) is 4.79 Å². The number of rotatable bonds is 5. The number of nitrogens with one attached hydrogen (secondary N) is 1. The van der Waals surface area contributed by atoms with Crippen LogP contribution in [0.4, 0.5) is 8.78 Å². The van der Waals surface area contributed by atoms with E-state index in [0.717, 1.165) is 22.4 Å². The molecule has 2 aromatic heterocycles. The van der Waals surface area contributed by atoms with Crippen molar-refractivity contribution >= 4 is 16.9 Å². The molecule has 0 radical (unpaired) electrons. The lowest BCUT2D eigenvalue weighted by molar-refractivity contribution is -0.137. The van der Waals surface area contributed by atoms with Crippen LogP contribution >= 0.6 is 0 Å². The molecule has 0 fully saturated rings. The molecule has 2 aliphatic heterocycles. The molecule has 0 unspecified atom stereocenters. The summed E-state index contributed by atoms with van der Waals surface area (Å²) >= 11 is 0. The summed E-state index contributed by atoms with van der Waals surface area (Å²) in [5, 5.41) is 3.11. The zero-order chi connectivity index (χ0) is 24.3. The molecule has 1 amide bonds. The number of para-hydroxylation sites is 2. The van der Waals surface area contributed by atoms with Gasteiger partial charge in [-0.05, 0) is 41.3 Å². The van der Waals surface area contributed by atoms with Crippen molar-refractivity contribution < 1.29 is 18.3 Å². The summed E-state index contributed by atoms with van der Waals surface area (Å²) < 4.78 is 32.9. The molecule has 0 saturated carbocycles. The van der Waals surface area contributed by atoms with Crippen LogP contribution in [0.5, 0.6) is 0 Å². The highest BCUT2D eigenvalue weighted by Gasteiger charge is 2.42. The van der Waals surface area contributed by atoms with Gasteiger partial charge in [0.2, 0.25) is 0 Å². The van der Waals surface area contributed by atoms with Crippen LogP contribution in [0.15, 0.2) is 48.8 Å². The normalized spacial score (nSPS) is 18.6. The smallest absolute Gasteiger partial charge is 0.342 e. The molecule has 0 spiro atoms. The Bertz CT molecular complexity index is 1450. The van der Waals surface area contributed by atoms with Crippen LogP contribution in [0.25, 0.3) is 22.2 Å². The van der Waals surface area contributed by atoms with Crippen molar-refractivity contribution in [1.29, 1.82) is 0 Å². The first-order valence-corrected chi connectivity index (χ1v) is 11.6. The first-order valence-electron chi connectivity index (χ1n) is 11.6. The minimum Gasteiger partial charge on any atom is -0.342 e. The van der Waals surface area contributed by atoms with E-state index in [1.807, 2.05) is 38.1 Å². The average molecular weight is 475 g/mol. The molecule has 6 rings (SSSR count). The van der Waals surface area contributed by atoms with Crippen molar-refractivity contribution in [3.05, 3.63) is 77.1 Å². The van der Waals surface area contributed by atoms with E-state index in [0.29, 0.717) is 34.5 Å². The molecule has 9 heteroatoms. The Labute approximate surface area is 200 Å². The van der Waals surface area contributed by atoms with Crippen LogP contribution in [0.2, 0.25) is 0 Å². The summed E-state index contributed by atoms with van der Waals surface area (Å²) in [6.45, 7) is 0.784. The number of amides is 1. The molecule has 4 aromatic rings. The van der Waals surface area contributed by atoms with Gasteiger partial charge in [0.15, 0.2) is 0 Å². The molecule has 7 nitrogen and oxygen atoms in total. The van der Waals surface area contributed by atoms with Crippen molar-refractivity contribution in [2.45, 2.75) is 51.5 Å². The van der Waals surface area contributed by atoms with E-state index < -0.39 is 6.61 Å². The second-order valence-electron chi connectivity index (χ2n) is 9.22. The molecule has 178 valence electrons. The number of hydrogen-bond donors (Lipinski definition) is 1. The van der Waals surface area contributed by atoms with Crippen LogP contribution in [-0.4, -0.2) is 32.0 Å². The predicted molar refractivity (Wildman–Crippen MR) is 125 cm³/mol. The molecule has 0 aliphatic carbocycles. The zero-order valence-corrected chi connectivity index (χ0v) is 19.2. The van der Waals surface area contributed by atoms with E-state index in [4.69, 9.17) is 9.72 Å². The number of nitrogens with zero attached hydrogens (tertiary/aromatic N) is 4. The molecule has 1 N–H and O–H groups in total. The van der Waals surface area contributed by atoms with E-state index in [1.165, 1.54) is 0 Å². The molecular weight excluding hydrogens is 452 g/mol. The lowest BCUT2D eigenvalue weighted by atomic mass is 9.87. The van der Waals surface area contributed by atoms with E-state index in [-0.39, 0.29) is 30.5 Å². The van der Waals surface area contributed by atoms with E-state index in [2.05, 4.69) is 19.9 Å². The number of alkyl halides is 2. The maximum absolute atomic E-state index is 13.3. The highest BCUT2D eigenvalue weighted by Crippen LogP contribution is 2.48. The highest BCUT2D eigenvalue weighted by atomic mass is 19.3. The number of fused-ring (bicyclic) bond motifs is 9. The summed E-state index contributed by atoms with van der Waals surface area (Å²) in [6.07, 6.45) is 4.01. The second kappa shape index (κ2) is 8.20. The SMILES string of the molecule is CC(C)c1ncc(-c2c(COC(F)F)ccc3c2[C@H]2C[C@@H](NC3=O)c3nc4ccccc4n32)cn1. The number of aromatic nitrogens is 4. The number of carbonyl (C=O) groups excluding carboxylic acids is 1.